The third kappa shape index (κ3) is 3.41. The molecule has 26 heavy (non-hydrogen) atoms. The molecule has 0 unspecified atom stereocenters. The molecule has 1 fully saturated rings. The summed E-state index contributed by atoms with van der Waals surface area (Å²) in [6.07, 6.45) is 7.36. The standard InChI is InChI=1S/C20H27N3O3/c1-15-13-21-14-23(15)11-5-10-22-19(24)20(8-4-9-20)16-6-7-17(25-2)18(12-16)26-3/h6-7,12-14H,4-5,8-11H2,1-3H3,(H,22,24). The zero-order chi connectivity index (χ0) is 18.6. The number of aryl methyl sites for hydroxylation is 2. The van der Waals surface area contributed by atoms with Crippen LogP contribution < -0.4 is 14.8 Å². The molecule has 1 aliphatic rings. The Morgan fingerprint density at radius 3 is 2.62 bits per heavy atom. The van der Waals surface area contributed by atoms with E-state index in [9.17, 15) is 4.79 Å². The van der Waals surface area contributed by atoms with Crippen molar-refractivity contribution in [1.82, 2.24) is 14.9 Å². The summed E-state index contributed by atoms with van der Waals surface area (Å²) in [5, 5.41) is 3.13. The zero-order valence-electron chi connectivity index (χ0n) is 15.7. The van der Waals surface area contributed by atoms with Crippen LogP contribution in [0.4, 0.5) is 0 Å². The number of hydrogen-bond donors (Lipinski definition) is 1. The summed E-state index contributed by atoms with van der Waals surface area (Å²) in [7, 11) is 3.23. The van der Waals surface area contributed by atoms with E-state index >= 15 is 0 Å². The second-order valence-electron chi connectivity index (χ2n) is 6.84. The maximum Gasteiger partial charge on any atom is 0.230 e. The molecule has 0 aliphatic heterocycles. The minimum absolute atomic E-state index is 0.110. The zero-order valence-corrected chi connectivity index (χ0v) is 15.7. The Morgan fingerprint density at radius 2 is 2.04 bits per heavy atom. The van der Waals surface area contributed by atoms with Crippen LogP contribution in [0.1, 0.15) is 36.9 Å². The van der Waals surface area contributed by atoms with Crippen LogP contribution in [-0.4, -0.2) is 36.2 Å². The van der Waals surface area contributed by atoms with E-state index in [1.807, 2.05) is 37.6 Å². The highest BCUT2D eigenvalue weighted by molar-refractivity contribution is 5.89. The number of nitrogens with one attached hydrogen (secondary N) is 1. The molecule has 1 aromatic heterocycles. The van der Waals surface area contributed by atoms with Crippen LogP contribution in [0.15, 0.2) is 30.7 Å². The molecule has 1 aliphatic carbocycles. The Hall–Kier alpha value is -2.50. The minimum Gasteiger partial charge on any atom is -0.493 e. The number of carbonyl (C=O) groups is 1. The van der Waals surface area contributed by atoms with Crippen molar-refractivity contribution in [3.63, 3.8) is 0 Å². The first-order valence-corrected chi connectivity index (χ1v) is 9.08. The molecule has 0 radical (unpaired) electrons. The number of amides is 1. The summed E-state index contributed by atoms with van der Waals surface area (Å²) in [6.45, 7) is 3.55. The molecule has 1 heterocycles. The van der Waals surface area contributed by atoms with Crippen LogP contribution in [0.2, 0.25) is 0 Å². The molecule has 1 amide bonds. The van der Waals surface area contributed by atoms with Crippen molar-refractivity contribution >= 4 is 5.91 Å². The molecule has 1 saturated carbocycles. The lowest BCUT2D eigenvalue weighted by molar-refractivity contribution is -0.129. The number of hydrogen-bond acceptors (Lipinski definition) is 4. The second kappa shape index (κ2) is 7.81. The quantitative estimate of drug-likeness (QED) is 0.738. The van der Waals surface area contributed by atoms with E-state index < -0.39 is 5.41 Å². The lowest BCUT2D eigenvalue weighted by atomic mass is 9.63. The molecule has 2 aromatic rings. The predicted molar refractivity (Wildman–Crippen MR) is 99.7 cm³/mol. The number of aromatic nitrogens is 2. The molecule has 0 bridgehead atoms. The summed E-state index contributed by atoms with van der Waals surface area (Å²) in [4.78, 5) is 17.0. The number of nitrogens with zero attached hydrogens (tertiary/aromatic N) is 2. The fourth-order valence-electron chi connectivity index (χ4n) is 3.55. The van der Waals surface area contributed by atoms with Crippen molar-refractivity contribution in [2.45, 2.75) is 44.6 Å². The number of imidazole rings is 1. The molecular weight excluding hydrogens is 330 g/mol. The van der Waals surface area contributed by atoms with Gasteiger partial charge < -0.3 is 19.4 Å². The highest BCUT2D eigenvalue weighted by atomic mass is 16.5. The molecule has 0 saturated heterocycles. The van der Waals surface area contributed by atoms with E-state index in [0.717, 1.165) is 43.5 Å². The van der Waals surface area contributed by atoms with Gasteiger partial charge in [0.15, 0.2) is 11.5 Å². The van der Waals surface area contributed by atoms with Gasteiger partial charge in [-0.3, -0.25) is 4.79 Å². The average molecular weight is 357 g/mol. The Labute approximate surface area is 154 Å². The maximum atomic E-state index is 12.9. The normalized spacial score (nSPS) is 15.2. The topological polar surface area (TPSA) is 65.4 Å². The molecule has 0 spiro atoms. The Kier molecular flexibility index (Phi) is 5.49. The van der Waals surface area contributed by atoms with Gasteiger partial charge in [-0.2, -0.15) is 0 Å². The summed E-state index contributed by atoms with van der Waals surface area (Å²) in [5.74, 6) is 1.46. The highest BCUT2D eigenvalue weighted by Crippen LogP contribution is 2.46. The minimum atomic E-state index is -0.440. The monoisotopic (exact) mass is 357 g/mol. The van der Waals surface area contributed by atoms with Crippen molar-refractivity contribution in [3.8, 4) is 11.5 Å². The van der Waals surface area contributed by atoms with Gasteiger partial charge in [-0.15, -0.1) is 0 Å². The van der Waals surface area contributed by atoms with Gasteiger partial charge >= 0.3 is 0 Å². The van der Waals surface area contributed by atoms with Gasteiger partial charge in [0.25, 0.3) is 0 Å². The number of ether oxygens (including phenoxy) is 2. The Morgan fingerprint density at radius 1 is 1.27 bits per heavy atom. The first kappa shape index (κ1) is 18.3. The molecule has 1 N–H and O–H groups in total. The van der Waals surface area contributed by atoms with E-state index in [0.29, 0.717) is 18.0 Å². The fraction of sp³-hybridized carbons (Fsp3) is 0.500. The molecule has 3 rings (SSSR count). The lowest BCUT2D eigenvalue weighted by Crippen LogP contribution is -2.49. The largest absolute Gasteiger partial charge is 0.493 e. The molecule has 6 heteroatoms. The second-order valence-corrected chi connectivity index (χ2v) is 6.84. The summed E-state index contributed by atoms with van der Waals surface area (Å²) < 4.78 is 12.8. The number of methoxy groups -OCH3 is 2. The van der Waals surface area contributed by atoms with Gasteiger partial charge in [0.1, 0.15) is 0 Å². The van der Waals surface area contributed by atoms with Crippen molar-refractivity contribution in [3.05, 3.63) is 42.0 Å². The number of rotatable bonds is 8. The van der Waals surface area contributed by atoms with Crippen LogP contribution in [-0.2, 0) is 16.8 Å². The smallest absolute Gasteiger partial charge is 0.230 e. The predicted octanol–water partition coefficient (Wildman–Crippen LogP) is 2.84. The average Bonchev–Trinajstić information content (AvgIpc) is 3.02. The summed E-state index contributed by atoms with van der Waals surface area (Å²) in [6, 6.07) is 5.80. The molecule has 1 aromatic carbocycles. The van der Waals surface area contributed by atoms with Gasteiger partial charge in [-0.25, -0.2) is 4.98 Å². The van der Waals surface area contributed by atoms with Crippen molar-refractivity contribution in [2.75, 3.05) is 20.8 Å². The van der Waals surface area contributed by atoms with Crippen LogP contribution in [0, 0.1) is 6.92 Å². The van der Waals surface area contributed by atoms with E-state index in [4.69, 9.17) is 9.47 Å². The summed E-state index contributed by atoms with van der Waals surface area (Å²) >= 11 is 0. The molecular formula is C20H27N3O3. The molecule has 0 atom stereocenters. The molecule has 140 valence electrons. The first-order chi connectivity index (χ1) is 12.6. The Balaban J connectivity index is 1.63. The Bertz CT molecular complexity index is 765. The first-order valence-electron chi connectivity index (χ1n) is 9.08. The fourth-order valence-corrected chi connectivity index (χ4v) is 3.55. The van der Waals surface area contributed by atoms with E-state index in [-0.39, 0.29) is 5.91 Å². The van der Waals surface area contributed by atoms with Gasteiger partial charge in [0.05, 0.1) is 26.0 Å². The highest BCUT2D eigenvalue weighted by Gasteiger charge is 2.45. The van der Waals surface area contributed by atoms with Crippen LogP contribution in [0.25, 0.3) is 0 Å². The van der Waals surface area contributed by atoms with Gasteiger partial charge in [0, 0.05) is 25.0 Å². The van der Waals surface area contributed by atoms with Gasteiger partial charge in [0.2, 0.25) is 5.91 Å². The number of benzene rings is 1. The van der Waals surface area contributed by atoms with E-state index in [1.165, 1.54) is 0 Å². The van der Waals surface area contributed by atoms with Crippen molar-refractivity contribution < 1.29 is 14.3 Å². The lowest BCUT2D eigenvalue weighted by Gasteiger charge is -2.41. The van der Waals surface area contributed by atoms with Crippen LogP contribution in [0.5, 0.6) is 11.5 Å². The van der Waals surface area contributed by atoms with Crippen molar-refractivity contribution in [1.29, 1.82) is 0 Å². The maximum absolute atomic E-state index is 12.9. The summed E-state index contributed by atoms with van der Waals surface area (Å²) in [5.41, 5.74) is 1.70. The van der Waals surface area contributed by atoms with Crippen LogP contribution in [0.3, 0.4) is 0 Å². The van der Waals surface area contributed by atoms with Crippen molar-refractivity contribution in [2.24, 2.45) is 0 Å². The van der Waals surface area contributed by atoms with E-state index in [1.54, 1.807) is 14.2 Å². The molecule has 6 nitrogen and oxygen atoms in total. The third-order valence-corrected chi connectivity index (χ3v) is 5.36. The van der Waals surface area contributed by atoms with Gasteiger partial charge in [-0.05, 0) is 43.9 Å². The SMILES string of the molecule is COc1ccc(C2(C(=O)NCCCn3cncc3C)CCC2)cc1OC. The van der Waals surface area contributed by atoms with Crippen LogP contribution >= 0.6 is 0 Å². The number of carbonyl (C=O) groups excluding carboxylic acids is 1. The van der Waals surface area contributed by atoms with E-state index in [2.05, 4.69) is 14.9 Å². The van der Waals surface area contributed by atoms with Gasteiger partial charge in [-0.1, -0.05) is 12.5 Å². The third-order valence-electron chi connectivity index (χ3n) is 5.36.